The molecule has 2 aromatic carbocycles. The Kier molecular flexibility index (Phi) is 4.53. The molecule has 8 heteroatoms. The zero-order chi connectivity index (χ0) is 18.8. The van der Waals surface area contributed by atoms with E-state index in [1.54, 1.807) is 18.2 Å². The predicted octanol–water partition coefficient (Wildman–Crippen LogP) is 2.85. The van der Waals surface area contributed by atoms with Gasteiger partial charge in [0.2, 0.25) is 6.79 Å². The number of fused-ring (bicyclic) bond motifs is 1. The number of rotatable bonds is 5. The van der Waals surface area contributed by atoms with Crippen LogP contribution in [0.4, 0.5) is 11.4 Å². The van der Waals surface area contributed by atoms with Crippen LogP contribution >= 0.6 is 0 Å². The van der Waals surface area contributed by atoms with Crippen molar-refractivity contribution in [2.24, 2.45) is 0 Å². The van der Waals surface area contributed by atoms with E-state index < -0.39 is 4.92 Å². The van der Waals surface area contributed by atoms with Crippen molar-refractivity contribution in [3.63, 3.8) is 0 Å². The number of hydrogen-bond donors (Lipinski definition) is 1. The monoisotopic (exact) mass is 369 g/mol. The van der Waals surface area contributed by atoms with E-state index in [4.69, 9.17) is 9.47 Å². The predicted molar refractivity (Wildman–Crippen MR) is 98.3 cm³/mol. The van der Waals surface area contributed by atoms with Crippen LogP contribution in [0.15, 0.2) is 36.4 Å². The van der Waals surface area contributed by atoms with Gasteiger partial charge >= 0.3 is 0 Å². The second-order valence-corrected chi connectivity index (χ2v) is 6.53. The number of nitrogens with zero attached hydrogens (tertiary/aromatic N) is 2. The maximum absolute atomic E-state index is 12.5. The molecule has 27 heavy (non-hydrogen) atoms. The van der Waals surface area contributed by atoms with Gasteiger partial charge in [0.05, 0.1) is 4.92 Å². The van der Waals surface area contributed by atoms with Crippen molar-refractivity contribution in [3.05, 3.63) is 57.6 Å². The molecule has 0 atom stereocenters. The Labute approximate surface area is 155 Å². The summed E-state index contributed by atoms with van der Waals surface area (Å²) in [6, 6.07) is 10.1. The van der Waals surface area contributed by atoms with Gasteiger partial charge in [0.15, 0.2) is 11.5 Å². The lowest BCUT2D eigenvalue weighted by atomic mass is 10.1. The van der Waals surface area contributed by atoms with Crippen molar-refractivity contribution >= 4 is 17.3 Å². The van der Waals surface area contributed by atoms with E-state index >= 15 is 0 Å². The maximum Gasteiger partial charge on any atom is 0.293 e. The van der Waals surface area contributed by atoms with Gasteiger partial charge in [0.25, 0.3) is 11.6 Å². The van der Waals surface area contributed by atoms with Gasteiger partial charge in [-0.1, -0.05) is 6.07 Å². The molecule has 1 fully saturated rings. The van der Waals surface area contributed by atoms with Crippen LogP contribution in [0.3, 0.4) is 0 Å². The molecule has 1 saturated heterocycles. The first kappa shape index (κ1) is 17.1. The molecule has 0 spiro atoms. The van der Waals surface area contributed by atoms with Crippen molar-refractivity contribution in [1.82, 2.24) is 5.32 Å². The van der Waals surface area contributed by atoms with Crippen molar-refractivity contribution in [1.29, 1.82) is 0 Å². The van der Waals surface area contributed by atoms with Gasteiger partial charge in [-0.15, -0.1) is 0 Å². The number of hydrogen-bond acceptors (Lipinski definition) is 6. The number of amides is 1. The Morgan fingerprint density at radius 2 is 1.89 bits per heavy atom. The van der Waals surface area contributed by atoms with E-state index in [0.717, 1.165) is 31.5 Å². The second-order valence-electron chi connectivity index (χ2n) is 6.53. The van der Waals surface area contributed by atoms with Crippen LogP contribution in [0.2, 0.25) is 0 Å². The molecular formula is C19H19N3O5. The zero-order valence-corrected chi connectivity index (χ0v) is 14.6. The van der Waals surface area contributed by atoms with Crippen LogP contribution in [-0.4, -0.2) is 30.7 Å². The maximum atomic E-state index is 12.5. The highest BCUT2D eigenvalue weighted by Crippen LogP contribution is 2.33. The quantitative estimate of drug-likeness (QED) is 0.643. The summed E-state index contributed by atoms with van der Waals surface area (Å²) in [5, 5.41) is 14.3. The summed E-state index contributed by atoms with van der Waals surface area (Å²) in [6.45, 7) is 2.09. The molecule has 1 N–H and O–H groups in total. The number of benzene rings is 2. The zero-order valence-electron chi connectivity index (χ0n) is 14.6. The summed E-state index contributed by atoms with van der Waals surface area (Å²) < 4.78 is 10.6. The van der Waals surface area contributed by atoms with Crippen molar-refractivity contribution in [3.8, 4) is 11.5 Å². The minimum atomic E-state index is -0.428. The summed E-state index contributed by atoms with van der Waals surface area (Å²) in [5.74, 6) is 0.967. The molecule has 0 bridgehead atoms. The first-order valence-electron chi connectivity index (χ1n) is 8.82. The van der Waals surface area contributed by atoms with Crippen LogP contribution in [0.5, 0.6) is 11.5 Å². The number of nitro groups is 1. The molecular weight excluding hydrogens is 350 g/mol. The summed E-state index contributed by atoms with van der Waals surface area (Å²) in [7, 11) is 0. The van der Waals surface area contributed by atoms with E-state index in [2.05, 4.69) is 5.32 Å². The fourth-order valence-electron chi connectivity index (χ4n) is 3.37. The van der Waals surface area contributed by atoms with E-state index in [-0.39, 0.29) is 30.5 Å². The Morgan fingerprint density at radius 3 is 2.67 bits per heavy atom. The molecule has 0 unspecified atom stereocenters. The first-order chi connectivity index (χ1) is 13.1. The lowest BCUT2D eigenvalue weighted by Gasteiger charge is -2.17. The van der Waals surface area contributed by atoms with Crippen molar-refractivity contribution < 1.29 is 19.2 Å². The topological polar surface area (TPSA) is 93.9 Å². The molecule has 2 aliphatic rings. The average molecular weight is 369 g/mol. The average Bonchev–Trinajstić information content (AvgIpc) is 3.36. The number of anilines is 1. The van der Waals surface area contributed by atoms with Crippen molar-refractivity contribution in [2.75, 3.05) is 24.8 Å². The Bertz CT molecular complexity index is 893. The summed E-state index contributed by atoms with van der Waals surface area (Å²) in [5.41, 5.74) is 1.67. The van der Waals surface area contributed by atoms with Crippen LogP contribution in [0.1, 0.15) is 28.8 Å². The minimum Gasteiger partial charge on any atom is -0.454 e. The fraction of sp³-hybridized carbons (Fsp3) is 0.316. The third kappa shape index (κ3) is 3.51. The Balaban J connectivity index is 1.48. The van der Waals surface area contributed by atoms with Crippen LogP contribution in [0, 0.1) is 10.1 Å². The van der Waals surface area contributed by atoms with E-state index in [9.17, 15) is 14.9 Å². The van der Waals surface area contributed by atoms with E-state index in [1.807, 2.05) is 17.0 Å². The highest BCUT2D eigenvalue weighted by molar-refractivity contribution is 5.95. The number of nitrogens with one attached hydrogen (secondary N) is 1. The third-order valence-corrected chi connectivity index (χ3v) is 4.77. The summed E-state index contributed by atoms with van der Waals surface area (Å²) in [4.78, 5) is 25.5. The van der Waals surface area contributed by atoms with Gasteiger partial charge in [-0.2, -0.15) is 0 Å². The summed E-state index contributed by atoms with van der Waals surface area (Å²) >= 11 is 0. The minimum absolute atomic E-state index is 0.0346. The number of ether oxygens (including phenoxy) is 2. The van der Waals surface area contributed by atoms with Gasteiger partial charge in [-0.05, 0) is 42.7 Å². The molecule has 4 rings (SSSR count). The van der Waals surface area contributed by atoms with Crippen LogP contribution in [0.25, 0.3) is 0 Å². The summed E-state index contributed by atoms with van der Waals surface area (Å²) in [6.07, 6.45) is 2.05. The van der Waals surface area contributed by atoms with Crippen molar-refractivity contribution in [2.45, 2.75) is 19.4 Å². The number of carbonyl (C=O) groups is 1. The molecule has 2 aliphatic heterocycles. The van der Waals surface area contributed by atoms with Gasteiger partial charge < -0.3 is 19.7 Å². The molecule has 0 radical (unpaired) electrons. The SMILES string of the molecule is O=C(NCc1ccc2c(c1)OCO2)c1ccc(N2CCCC2)c([N+](=O)[O-])c1. The lowest BCUT2D eigenvalue weighted by Crippen LogP contribution is -2.23. The van der Waals surface area contributed by atoms with Crippen LogP contribution in [-0.2, 0) is 6.54 Å². The molecule has 0 aliphatic carbocycles. The number of nitro benzene ring substituents is 1. The number of carbonyl (C=O) groups excluding carboxylic acids is 1. The highest BCUT2D eigenvalue weighted by atomic mass is 16.7. The molecule has 140 valence electrons. The molecule has 0 aromatic heterocycles. The van der Waals surface area contributed by atoms with Crippen LogP contribution < -0.4 is 19.7 Å². The molecule has 1 amide bonds. The second kappa shape index (κ2) is 7.14. The molecule has 8 nitrogen and oxygen atoms in total. The smallest absolute Gasteiger partial charge is 0.293 e. The van der Waals surface area contributed by atoms with E-state index in [1.165, 1.54) is 6.07 Å². The third-order valence-electron chi connectivity index (χ3n) is 4.77. The molecule has 2 heterocycles. The standard InChI is InChI=1S/C19H19N3O5/c23-19(20-11-13-3-6-17-18(9-13)27-12-26-17)14-4-5-15(16(10-14)22(24)25)21-7-1-2-8-21/h3-6,9-10H,1-2,7-8,11-12H2,(H,20,23). The Hall–Kier alpha value is -3.29. The first-order valence-corrected chi connectivity index (χ1v) is 8.82. The normalized spacial score (nSPS) is 15.0. The van der Waals surface area contributed by atoms with E-state index in [0.29, 0.717) is 17.2 Å². The largest absolute Gasteiger partial charge is 0.454 e. The molecule has 0 saturated carbocycles. The Morgan fingerprint density at radius 1 is 1.11 bits per heavy atom. The fourth-order valence-corrected chi connectivity index (χ4v) is 3.37. The van der Waals surface area contributed by atoms with Gasteiger partial charge in [-0.25, -0.2) is 0 Å². The van der Waals surface area contributed by atoms with Gasteiger partial charge in [0.1, 0.15) is 5.69 Å². The van der Waals surface area contributed by atoms with Gasteiger partial charge in [-0.3, -0.25) is 14.9 Å². The highest BCUT2D eigenvalue weighted by Gasteiger charge is 2.24. The van der Waals surface area contributed by atoms with Gasteiger partial charge in [0, 0.05) is 31.3 Å². The lowest BCUT2D eigenvalue weighted by molar-refractivity contribution is -0.384. The molecule has 2 aromatic rings.